The van der Waals surface area contributed by atoms with Crippen LogP contribution < -0.4 is 0 Å². The molecular formula is C35H54O13. The van der Waals surface area contributed by atoms with Crippen LogP contribution in [0.5, 0.6) is 0 Å². The van der Waals surface area contributed by atoms with Gasteiger partial charge in [-0.2, -0.15) is 0 Å². The fourth-order valence-electron chi connectivity index (χ4n) is 11.3. The van der Waals surface area contributed by atoms with Crippen LogP contribution in [-0.4, -0.2) is 128 Å². The molecule has 0 spiro atoms. The van der Waals surface area contributed by atoms with E-state index in [4.69, 9.17) is 23.7 Å². The molecule has 3 aliphatic heterocycles. The molecule has 4 aliphatic carbocycles. The van der Waals surface area contributed by atoms with Crippen LogP contribution >= 0.6 is 0 Å². The van der Waals surface area contributed by atoms with Gasteiger partial charge < -0.3 is 59.4 Å². The van der Waals surface area contributed by atoms with Crippen molar-refractivity contribution in [3.05, 3.63) is 11.6 Å². The number of ether oxygens (including phenoxy) is 5. The van der Waals surface area contributed by atoms with Crippen molar-refractivity contribution in [3.63, 3.8) is 0 Å². The molecule has 7 aliphatic rings. The maximum absolute atomic E-state index is 12.5. The molecule has 7 rings (SSSR count). The summed E-state index contributed by atoms with van der Waals surface area (Å²) in [6.07, 6.45) is -4.12. The van der Waals surface area contributed by atoms with Gasteiger partial charge in [-0.3, -0.25) is 0 Å². The van der Waals surface area contributed by atoms with Crippen molar-refractivity contribution in [1.29, 1.82) is 0 Å². The summed E-state index contributed by atoms with van der Waals surface area (Å²) >= 11 is 0. The number of carbonyl (C=O) groups excluding carboxylic acids is 1. The summed E-state index contributed by atoms with van der Waals surface area (Å²) in [5, 5.41) is 74.7. The number of aliphatic hydroxyl groups is 7. The fourth-order valence-corrected chi connectivity index (χ4v) is 11.3. The van der Waals surface area contributed by atoms with Crippen molar-refractivity contribution in [1.82, 2.24) is 0 Å². The minimum Gasteiger partial charge on any atom is -0.458 e. The molecule has 272 valence electrons. The van der Waals surface area contributed by atoms with Gasteiger partial charge in [0.15, 0.2) is 12.6 Å². The third kappa shape index (κ3) is 5.42. The first-order valence-corrected chi connectivity index (χ1v) is 17.9. The molecule has 0 bridgehead atoms. The highest BCUT2D eigenvalue weighted by Gasteiger charge is 2.68. The van der Waals surface area contributed by atoms with Gasteiger partial charge in [0.1, 0.15) is 49.3 Å². The summed E-state index contributed by atoms with van der Waals surface area (Å²) < 4.78 is 28.8. The van der Waals surface area contributed by atoms with E-state index in [2.05, 4.69) is 13.8 Å². The number of rotatable bonds is 6. The number of aliphatic hydroxyl groups excluding tert-OH is 6. The second-order valence-corrected chi connectivity index (χ2v) is 16.3. The Balaban J connectivity index is 0.977. The summed E-state index contributed by atoms with van der Waals surface area (Å²) in [5.74, 6) is 0.825. The number of fused-ring (bicyclic) bond motifs is 5. The van der Waals surface area contributed by atoms with Crippen LogP contribution in [0.25, 0.3) is 0 Å². The lowest BCUT2D eigenvalue weighted by molar-refractivity contribution is -0.360. The highest BCUT2D eigenvalue weighted by Crippen LogP contribution is 2.70. The van der Waals surface area contributed by atoms with E-state index >= 15 is 0 Å². The molecule has 0 amide bonds. The lowest BCUT2D eigenvalue weighted by Crippen LogP contribution is -2.64. The van der Waals surface area contributed by atoms with Crippen molar-refractivity contribution in [3.8, 4) is 0 Å². The number of esters is 1. The predicted molar refractivity (Wildman–Crippen MR) is 166 cm³/mol. The van der Waals surface area contributed by atoms with Crippen molar-refractivity contribution in [2.75, 3.05) is 13.2 Å². The Labute approximate surface area is 281 Å². The van der Waals surface area contributed by atoms with E-state index in [1.165, 1.54) is 0 Å². The SMILES string of the molecule is C[C@H]1O[C@@H](O[C@H]2CC[C@@]3(C)[C@@H](CC[C@@H]4[C@H]3CC[C@]3(C)[C@@H](C5=CC(=O)OC5)CC[C@]43O)C2)[C@H](O)[C@@H](O)[C@@H]1O[C@H]1O[C@H](CO)[C@@H](O)[C@H](O)[C@H]1O. The third-order valence-electron chi connectivity index (χ3n) is 14.2. The number of hydrogen-bond acceptors (Lipinski definition) is 13. The second-order valence-electron chi connectivity index (χ2n) is 16.3. The Hall–Kier alpha value is -1.23. The Bertz CT molecular complexity index is 1240. The largest absolute Gasteiger partial charge is 0.458 e. The van der Waals surface area contributed by atoms with Crippen LogP contribution in [0, 0.1) is 34.5 Å². The maximum Gasteiger partial charge on any atom is 0.331 e. The lowest BCUT2D eigenvalue weighted by atomic mass is 9.43. The molecule has 0 aromatic rings. The molecule has 48 heavy (non-hydrogen) atoms. The van der Waals surface area contributed by atoms with Crippen molar-refractivity contribution in [2.24, 2.45) is 34.5 Å². The number of hydrogen-bond donors (Lipinski definition) is 7. The normalized spacial score (nSPS) is 55.3. The van der Waals surface area contributed by atoms with Gasteiger partial charge in [-0.1, -0.05) is 13.8 Å². The van der Waals surface area contributed by atoms with Crippen LogP contribution in [-0.2, 0) is 28.5 Å². The van der Waals surface area contributed by atoms with Crippen LogP contribution in [0.3, 0.4) is 0 Å². The van der Waals surface area contributed by atoms with Gasteiger partial charge in [-0.25, -0.2) is 4.79 Å². The summed E-state index contributed by atoms with van der Waals surface area (Å²) in [6, 6.07) is 0. The minimum atomic E-state index is -1.65. The molecular weight excluding hydrogens is 628 g/mol. The van der Waals surface area contributed by atoms with E-state index in [0.717, 1.165) is 63.4 Å². The highest BCUT2D eigenvalue weighted by molar-refractivity contribution is 5.85. The van der Waals surface area contributed by atoms with Gasteiger partial charge in [0.05, 0.1) is 24.4 Å². The van der Waals surface area contributed by atoms with Gasteiger partial charge >= 0.3 is 5.97 Å². The Kier molecular flexibility index (Phi) is 9.36. The molecule has 3 heterocycles. The summed E-state index contributed by atoms with van der Waals surface area (Å²) in [5.41, 5.74) is 0.00280. The average molecular weight is 683 g/mol. The van der Waals surface area contributed by atoms with Crippen LogP contribution in [0.1, 0.15) is 78.6 Å². The summed E-state index contributed by atoms with van der Waals surface area (Å²) in [4.78, 5) is 11.9. The maximum atomic E-state index is 12.5. The average Bonchev–Trinajstić information content (AvgIpc) is 3.61. The molecule has 4 saturated carbocycles. The zero-order chi connectivity index (χ0) is 34.3. The predicted octanol–water partition coefficient (Wildman–Crippen LogP) is 0.280. The Morgan fingerprint density at radius 3 is 2.27 bits per heavy atom. The van der Waals surface area contributed by atoms with Crippen molar-refractivity contribution >= 4 is 5.97 Å². The third-order valence-corrected chi connectivity index (χ3v) is 14.2. The number of cyclic esters (lactones) is 1. The molecule has 6 fully saturated rings. The molecule has 2 saturated heterocycles. The molecule has 0 unspecified atom stereocenters. The molecule has 0 aromatic heterocycles. The Morgan fingerprint density at radius 2 is 1.56 bits per heavy atom. The van der Waals surface area contributed by atoms with Gasteiger partial charge in [0.2, 0.25) is 0 Å². The summed E-state index contributed by atoms with van der Waals surface area (Å²) in [7, 11) is 0. The van der Waals surface area contributed by atoms with Crippen LogP contribution in [0.15, 0.2) is 11.6 Å². The van der Waals surface area contributed by atoms with E-state index < -0.39 is 73.6 Å². The van der Waals surface area contributed by atoms with E-state index in [-0.39, 0.29) is 34.7 Å². The first kappa shape index (κ1) is 35.2. The second kappa shape index (κ2) is 12.8. The van der Waals surface area contributed by atoms with Gasteiger partial charge in [-0.05, 0) is 99.4 Å². The van der Waals surface area contributed by atoms with E-state index in [1.807, 2.05) is 0 Å². The topological polar surface area (TPSA) is 205 Å². The van der Waals surface area contributed by atoms with Gasteiger partial charge in [0, 0.05) is 11.5 Å². The fraction of sp³-hybridized carbons (Fsp3) is 0.914. The zero-order valence-corrected chi connectivity index (χ0v) is 28.1. The first-order chi connectivity index (χ1) is 22.7. The molecule has 0 aromatic carbocycles. The first-order valence-electron chi connectivity index (χ1n) is 17.9. The smallest absolute Gasteiger partial charge is 0.331 e. The molecule has 13 heteroatoms. The lowest BCUT2D eigenvalue weighted by Gasteiger charge is -2.64. The number of carbonyl (C=O) groups is 1. The highest BCUT2D eigenvalue weighted by atomic mass is 16.7. The van der Waals surface area contributed by atoms with Crippen molar-refractivity contribution < 1.29 is 64.2 Å². The van der Waals surface area contributed by atoms with Gasteiger partial charge in [-0.15, -0.1) is 0 Å². The standard InChI is InChI=1S/C35H54O13/c1-16-30(48-32-28(41)26(39)25(38)23(14-36)47-32)27(40)29(42)31(45-16)46-19-6-9-33(2)18(13-19)4-5-22-21(33)7-10-34(3)20(8-11-35(22,34)43)17-12-24(37)44-15-17/h12,16,18-23,25-32,36,38-43H,4-11,13-15H2,1-3H3/t16-,18+,19+,20-,21-,22-,23-,25-,26+,27-,28-,29-,30-,31+,32-,33+,34-,35+/m1/s1. The van der Waals surface area contributed by atoms with E-state index in [9.17, 15) is 40.5 Å². The monoisotopic (exact) mass is 682 g/mol. The molecule has 0 radical (unpaired) electrons. The van der Waals surface area contributed by atoms with Gasteiger partial charge in [0.25, 0.3) is 0 Å². The molecule has 13 nitrogen and oxygen atoms in total. The van der Waals surface area contributed by atoms with E-state index in [1.54, 1.807) is 13.0 Å². The summed E-state index contributed by atoms with van der Waals surface area (Å²) in [6.45, 7) is 5.97. The van der Waals surface area contributed by atoms with Crippen LogP contribution in [0.2, 0.25) is 0 Å². The molecule has 7 N–H and O–H groups in total. The molecule has 18 atom stereocenters. The quantitative estimate of drug-likeness (QED) is 0.149. The van der Waals surface area contributed by atoms with Crippen LogP contribution in [0.4, 0.5) is 0 Å². The Morgan fingerprint density at radius 1 is 0.833 bits per heavy atom. The zero-order valence-electron chi connectivity index (χ0n) is 28.1. The van der Waals surface area contributed by atoms with Crippen molar-refractivity contribution in [2.45, 2.75) is 152 Å². The van der Waals surface area contributed by atoms with E-state index in [0.29, 0.717) is 18.4 Å². The minimum absolute atomic E-state index is 0.0345.